The van der Waals surface area contributed by atoms with Crippen LogP contribution in [0, 0.1) is 27.7 Å². The summed E-state index contributed by atoms with van der Waals surface area (Å²) in [6, 6.07) is 18.5. The lowest BCUT2D eigenvalue weighted by molar-refractivity contribution is 1.13. The lowest BCUT2D eigenvalue weighted by atomic mass is 10.2. The van der Waals surface area contributed by atoms with Crippen LogP contribution in [0.2, 0.25) is 0 Å². The van der Waals surface area contributed by atoms with Crippen molar-refractivity contribution in [2.45, 2.75) is 33.9 Å². The molecule has 0 saturated heterocycles. The Morgan fingerprint density at radius 1 is 0.633 bits per heavy atom. The molecule has 0 atom stereocenters. The molecule has 1 aromatic heterocycles. The van der Waals surface area contributed by atoms with E-state index < -0.39 is 0 Å². The summed E-state index contributed by atoms with van der Waals surface area (Å²) < 4.78 is 0. The molecule has 30 heavy (non-hydrogen) atoms. The molecule has 0 spiro atoms. The van der Waals surface area contributed by atoms with Crippen LogP contribution in [-0.2, 0) is 6.16 Å². The minimum atomic E-state index is -0.363. The van der Waals surface area contributed by atoms with Gasteiger partial charge < -0.3 is 9.80 Å². The standard InChI is InChI=1S/C26H36N2P2/c1-19-20(2)22(4)29(21(19)3)17-18-30(25-13-9-23(10-14-25)27(5)6)26-15-11-24(12-16-26)28(7)8/h9-16H,17-18H2,1-8H3. The zero-order valence-electron chi connectivity index (χ0n) is 19.8. The molecule has 3 aromatic rings. The second-order valence-corrected chi connectivity index (χ2v) is 13.5. The van der Waals surface area contributed by atoms with Crippen LogP contribution in [0.1, 0.15) is 21.7 Å². The highest BCUT2D eigenvalue weighted by atomic mass is 31.1. The lowest BCUT2D eigenvalue weighted by Crippen LogP contribution is -2.17. The maximum Gasteiger partial charge on any atom is 0.0361 e. The molecule has 0 fully saturated rings. The molecular formula is C26H36N2P2. The number of nitrogens with zero attached hydrogens (tertiary/aromatic N) is 2. The van der Waals surface area contributed by atoms with E-state index in [4.69, 9.17) is 0 Å². The van der Waals surface area contributed by atoms with Gasteiger partial charge in [0.25, 0.3) is 0 Å². The van der Waals surface area contributed by atoms with E-state index in [2.05, 4.69) is 114 Å². The Kier molecular flexibility index (Phi) is 7.33. The average Bonchev–Trinajstić information content (AvgIpc) is 2.92. The summed E-state index contributed by atoms with van der Waals surface area (Å²) in [5.74, 6) is 0. The first-order chi connectivity index (χ1) is 14.2. The van der Waals surface area contributed by atoms with E-state index in [1.54, 1.807) is 10.6 Å². The molecule has 1 heterocycles. The smallest absolute Gasteiger partial charge is 0.0361 e. The van der Waals surface area contributed by atoms with E-state index in [1.165, 1.54) is 45.4 Å². The van der Waals surface area contributed by atoms with Crippen molar-refractivity contribution in [1.82, 2.24) is 0 Å². The maximum atomic E-state index is 2.36. The highest BCUT2D eigenvalue weighted by Crippen LogP contribution is 2.48. The Hall–Kier alpha value is -1.75. The Bertz CT molecular complexity index is 906. The van der Waals surface area contributed by atoms with Crippen molar-refractivity contribution in [1.29, 1.82) is 0 Å². The fourth-order valence-electron chi connectivity index (χ4n) is 4.00. The van der Waals surface area contributed by atoms with Gasteiger partial charge in [0.15, 0.2) is 0 Å². The van der Waals surface area contributed by atoms with Crippen LogP contribution in [0.15, 0.2) is 48.5 Å². The van der Waals surface area contributed by atoms with Gasteiger partial charge in [-0.3, -0.25) is 0 Å². The molecule has 3 rings (SSSR count). The summed E-state index contributed by atoms with van der Waals surface area (Å²) in [5, 5.41) is 6.25. The fourth-order valence-corrected chi connectivity index (χ4v) is 9.75. The van der Waals surface area contributed by atoms with E-state index in [-0.39, 0.29) is 15.5 Å². The van der Waals surface area contributed by atoms with Gasteiger partial charge >= 0.3 is 0 Å². The van der Waals surface area contributed by atoms with Crippen LogP contribution < -0.4 is 20.4 Å². The molecule has 0 bridgehead atoms. The summed E-state index contributed by atoms with van der Waals surface area (Å²) in [6.07, 6.45) is 2.54. The Morgan fingerprint density at radius 2 is 1.00 bits per heavy atom. The first-order valence-electron chi connectivity index (χ1n) is 10.7. The van der Waals surface area contributed by atoms with E-state index in [0.717, 1.165) is 0 Å². The van der Waals surface area contributed by atoms with Gasteiger partial charge in [0.05, 0.1) is 0 Å². The van der Waals surface area contributed by atoms with Gasteiger partial charge in [-0.15, -0.1) is 7.53 Å². The molecule has 4 heteroatoms. The molecule has 160 valence electrons. The van der Waals surface area contributed by atoms with E-state index >= 15 is 0 Å². The lowest BCUT2D eigenvalue weighted by Gasteiger charge is -2.22. The van der Waals surface area contributed by atoms with Crippen molar-refractivity contribution >= 4 is 37.4 Å². The quantitative estimate of drug-likeness (QED) is 0.407. The van der Waals surface area contributed by atoms with Gasteiger partial charge in [0.1, 0.15) is 0 Å². The van der Waals surface area contributed by atoms with Crippen LogP contribution in [0.25, 0.3) is 0 Å². The SMILES string of the molecule is Cc1c(C)c(C)p(CCP(c2ccc(N(C)C)cc2)c2ccc(N(C)C)cc2)c1C. The molecular weight excluding hydrogens is 402 g/mol. The first kappa shape index (κ1) is 22.9. The van der Waals surface area contributed by atoms with E-state index in [0.29, 0.717) is 0 Å². The fraction of sp³-hybridized carbons (Fsp3) is 0.385. The molecule has 2 aromatic carbocycles. The van der Waals surface area contributed by atoms with Crippen LogP contribution in [0.5, 0.6) is 0 Å². The van der Waals surface area contributed by atoms with Crippen molar-refractivity contribution in [2.75, 3.05) is 44.2 Å². The minimum Gasteiger partial charge on any atom is -0.378 e. The number of hydrogen-bond donors (Lipinski definition) is 0. The van der Waals surface area contributed by atoms with Gasteiger partial charge in [-0.2, -0.15) is 0 Å². The van der Waals surface area contributed by atoms with Crippen molar-refractivity contribution in [3.8, 4) is 0 Å². The normalized spacial score (nSPS) is 11.2. The predicted octanol–water partition coefficient (Wildman–Crippen LogP) is 6.17. The second-order valence-electron chi connectivity index (χ2n) is 8.55. The summed E-state index contributed by atoms with van der Waals surface area (Å²) in [5.41, 5.74) is 5.60. The van der Waals surface area contributed by atoms with Gasteiger partial charge in [0, 0.05) is 39.6 Å². The zero-order valence-corrected chi connectivity index (χ0v) is 21.6. The third-order valence-corrected chi connectivity index (χ3v) is 12.2. The van der Waals surface area contributed by atoms with Crippen molar-refractivity contribution in [2.24, 2.45) is 0 Å². The molecule has 0 radical (unpaired) electrons. The monoisotopic (exact) mass is 438 g/mol. The Labute approximate surface area is 185 Å². The summed E-state index contributed by atoms with van der Waals surface area (Å²) in [6.45, 7) is 9.33. The largest absolute Gasteiger partial charge is 0.378 e. The molecule has 0 unspecified atom stereocenters. The Balaban J connectivity index is 1.94. The average molecular weight is 439 g/mol. The topological polar surface area (TPSA) is 6.48 Å². The highest BCUT2D eigenvalue weighted by Gasteiger charge is 2.18. The maximum absolute atomic E-state index is 2.36. The van der Waals surface area contributed by atoms with Crippen LogP contribution in [0.4, 0.5) is 11.4 Å². The van der Waals surface area contributed by atoms with Gasteiger partial charge in [0.2, 0.25) is 0 Å². The number of benzene rings is 2. The Morgan fingerprint density at radius 3 is 1.33 bits per heavy atom. The van der Waals surface area contributed by atoms with Gasteiger partial charge in [-0.05, 0) is 105 Å². The third-order valence-electron chi connectivity index (χ3n) is 6.36. The van der Waals surface area contributed by atoms with Crippen molar-refractivity contribution < 1.29 is 0 Å². The van der Waals surface area contributed by atoms with Crippen LogP contribution in [0.3, 0.4) is 0 Å². The molecule has 2 nitrogen and oxygen atoms in total. The van der Waals surface area contributed by atoms with E-state index in [9.17, 15) is 0 Å². The first-order valence-corrected chi connectivity index (χ1v) is 13.7. The zero-order chi connectivity index (χ0) is 22.0. The summed E-state index contributed by atoms with van der Waals surface area (Å²) >= 11 is 0. The molecule has 0 aliphatic carbocycles. The number of rotatable bonds is 7. The third kappa shape index (κ3) is 4.77. The molecule has 0 saturated carbocycles. The van der Waals surface area contributed by atoms with Crippen LogP contribution in [-0.4, -0.2) is 34.4 Å². The predicted molar refractivity (Wildman–Crippen MR) is 141 cm³/mol. The van der Waals surface area contributed by atoms with Gasteiger partial charge in [-0.1, -0.05) is 24.3 Å². The second kappa shape index (κ2) is 9.59. The van der Waals surface area contributed by atoms with E-state index in [1.807, 2.05) is 0 Å². The summed E-state index contributed by atoms with van der Waals surface area (Å²) in [4.78, 5) is 4.35. The molecule has 0 aliphatic heterocycles. The van der Waals surface area contributed by atoms with Crippen molar-refractivity contribution in [3.05, 3.63) is 70.2 Å². The number of hydrogen-bond acceptors (Lipinski definition) is 2. The van der Waals surface area contributed by atoms with Gasteiger partial charge in [-0.25, -0.2) is 0 Å². The highest BCUT2D eigenvalue weighted by molar-refractivity contribution is 7.73. The molecule has 0 aliphatic rings. The minimum absolute atomic E-state index is 0.134. The number of anilines is 2. The van der Waals surface area contributed by atoms with Crippen LogP contribution >= 0.6 is 15.5 Å². The summed E-state index contributed by atoms with van der Waals surface area (Å²) in [7, 11) is 7.93. The molecule has 0 amide bonds. The molecule has 0 N–H and O–H groups in total. The van der Waals surface area contributed by atoms with Crippen molar-refractivity contribution in [3.63, 3.8) is 0 Å².